The van der Waals surface area contributed by atoms with Gasteiger partial charge in [-0.25, -0.2) is 53.3 Å². The highest BCUT2D eigenvalue weighted by molar-refractivity contribution is 7.88. The fourth-order valence-corrected chi connectivity index (χ4v) is 13.1. The molecule has 0 aromatic carbocycles. The van der Waals surface area contributed by atoms with Crippen LogP contribution in [0.25, 0.3) is 67.3 Å². The van der Waals surface area contributed by atoms with Crippen molar-refractivity contribution in [2.45, 2.75) is 93.8 Å². The zero-order valence-corrected chi connectivity index (χ0v) is 52.2. The molecule has 21 nitrogen and oxygen atoms in total. The highest BCUT2D eigenvalue weighted by Gasteiger charge is 2.48. The number of hydrogen-bond donors (Lipinski definition) is 7. The van der Waals surface area contributed by atoms with Crippen LogP contribution in [0.3, 0.4) is 0 Å². The van der Waals surface area contributed by atoms with Crippen LogP contribution in [-0.2, 0) is 10.0 Å². The SMILES string of the molecule is CN1C[C@@H](N)C[C@@H](C(F)(F)F)C1.CN1C[C@H](Nc2ncccc2-c2cnc3[nH]ccc3n2)C[C@H](C(F)(F)F)C1.CS(=O)(=O)N1C[C@H](Nc2ncccc2-c2cnc3[nH]ccc3n2)C[C@H](C(F)(F)F)C1.FC(F)(F)[C@@H]1CCC[C@H](Nc2ncccc2-c2cnc3[nH]ccc3n2)C1. The van der Waals surface area contributed by atoms with Gasteiger partial charge < -0.3 is 46.4 Å². The van der Waals surface area contributed by atoms with E-state index in [2.05, 4.69) is 75.8 Å². The number of nitrogens with two attached hydrogens (primary N) is 1. The Morgan fingerprint density at radius 2 is 0.832 bits per heavy atom. The molecule has 4 fully saturated rings. The van der Waals surface area contributed by atoms with Gasteiger partial charge in [-0.1, -0.05) is 6.42 Å². The average Bonchev–Trinajstić information content (AvgIpc) is 1.72. The number of aromatic amines is 3. The number of likely N-dealkylation sites (tertiary alicyclic amines) is 2. The van der Waals surface area contributed by atoms with E-state index in [0.717, 1.165) is 27.2 Å². The average molecular weight is 1360 g/mol. The minimum Gasteiger partial charge on any atom is -0.367 e. The Bertz CT molecular complexity index is 4120. The molecule has 1 saturated carbocycles. The largest absolute Gasteiger partial charge is 0.393 e. The van der Waals surface area contributed by atoms with Crippen LogP contribution in [0.4, 0.5) is 70.1 Å². The number of hydrogen-bond acceptors (Lipinski definition) is 17. The first-order valence-corrected chi connectivity index (χ1v) is 32.2. The van der Waals surface area contributed by atoms with E-state index < -0.39 is 71.0 Å². The summed E-state index contributed by atoms with van der Waals surface area (Å²) in [4.78, 5) is 51.8. The number of piperidine rings is 3. The number of anilines is 3. The molecule has 0 radical (unpaired) electrons. The molecule has 12 heterocycles. The predicted molar refractivity (Wildman–Crippen MR) is 333 cm³/mol. The summed E-state index contributed by atoms with van der Waals surface area (Å²) in [5.41, 5.74) is 13.3. The van der Waals surface area contributed by atoms with E-state index in [1.807, 2.05) is 24.3 Å². The van der Waals surface area contributed by atoms with E-state index in [-0.39, 0.29) is 69.9 Å². The topological polar surface area (TPSA) is 269 Å². The molecule has 3 saturated heterocycles. The third-order valence-corrected chi connectivity index (χ3v) is 18.0. The molecule has 1 aliphatic carbocycles. The summed E-state index contributed by atoms with van der Waals surface area (Å²) in [6.45, 7) is 0.524. The predicted octanol–water partition coefficient (Wildman–Crippen LogP) is 11.3. The Morgan fingerprint density at radius 3 is 1.23 bits per heavy atom. The van der Waals surface area contributed by atoms with Crippen molar-refractivity contribution in [3.8, 4) is 33.8 Å². The summed E-state index contributed by atoms with van der Waals surface area (Å²) in [7, 11) is -0.407. The molecule has 4 aliphatic rings. The molecule has 8 atom stereocenters. The van der Waals surface area contributed by atoms with Gasteiger partial charge in [0.15, 0.2) is 16.9 Å². The quantitative estimate of drug-likeness (QED) is 0.0627. The number of halogens is 12. The molecule has 9 aromatic rings. The molecule has 34 heteroatoms. The molecule has 8 N–H and O–H groups in total. The maximum Gasteiger partial charge on any atom is 0.393 e. The van der Waals surface area contributed by atoms with Gasteiger partial charge in [0, 0.05) is 117 Å². The highest BCUT2D eigenvalue weighted by atomic mass is 32.2. The Balaban J connectivity index is 0.000000143. The minimum atomic E-state index is -4.50. The first-order chi connectivity index (χ1) is 44.9. The van der Waals surface area contributed by atoms with Crippen molar-refractivity contribution in [3.05, 3.63) is 110 Å². The van der Waals surface area contributed by atoms with Gasteiger partial charge in [0.05, 0.1) is 65.6 Å². The lowest BCUT2D eigenvalue weighted by Gasteiger charge is -2.37. The first-order valence-electron chi connectivity index (χ1n) is 30.3. The van der Waals surface area contributed by atoms with Gasteiger partial charge in [0.1, 0.15) is 34.0 Å². The van der Waals surface area contributed by atoms with Crippen molar-refractivity contribution in [1.29, 1.82) is 0 Å². The van der Waals surface area contributed by atoms with Gasteiger partial charge in [-0.15, -0.1) is 0 Å². The second kappa shape index (κ2) is 28.9. The van der Waals surface area contributed by atoms with E-state index >= 15 is 0 Å². The summed E-state index contributed by atoms with van der Waals surface area (Å²) in [5, 5.41) is 9.40. The van der Waals surface area contributed by atoms with Gasteiger partial charge in [-0.05, 0) is 107 Å². The lowest BCUT2D eigenvalue weighted by atomic mass is 9.85. The minimum absolute atomic E-state index is 0.0202. The molecular formula is C61H69F12N19O2S. The van der Waals surface area contributed by atoms with Crippen LogP contribution in [-0.4, -0.2) is 191 Å². The van der Waals surface area contributed by atoms with Crippen molar-refractivity contribution >= 4 is 61.0 Å². The third kappa shape index (κ3) is 18.2. The molecular weight excluding hydrogens is 1290 g/mol. The fourth-order valence-electron chi connectivity index (χ4n) is 12.2. The van der Waals surface area contributed by atoms with Gasteiger partial charge in [-0.3, -0.25) is 0 Å². The van der Waals surface area contributed by atoms with Gasteiger partial charge >= 0.3 is 24.7 Å². The Hall–Kier alpha value is -8.34. The van der Waals surface area contributed by atoms with Crippen LogP contribution in [0.1, 0.15) is 44.9 Å². The van der Waals surface area contributed by atoms with Crippen molar-refractivity contribution in [2.24, 2.45) is 29.4 Å². The number of rotatable bonds is 10. The van der Waals surface area contributed by atoms with Crippen molar-refractivity contribution in [1.82, 2.24) is 73.9 Å². The molecule has 9 aromatic heterocycles. The number of nitrogens with zero attached hydrogens (tertiary/aromatic N) is 12. The number of H-pyrrole nitrogens is 3. The van der Waals surface area contributed by atoms with Gasteiger partial charge in [0.25, 0.3) is 0 Å². The van der Waals surface area contributed by atoms with E-state index in [0.29, 0.717) is 94.1 Å². The van der Waals surface area contributed by atoms with E-state index in [1.165, 1.54) is 6.20 Å². The smallest absolute Gasteiger partial charge is 0.367 e. The van der Waals surface area contributed by atoms with Crippen LogP contribution in [0, 0.1) is 23.7 Å². The number of sulfonamides is 1. The fraction of sp³-hybridized carbons (Fsp3) is 0.459. The van der Waals surface area contributed by atoms with Gasteiger partial charge in [0.2, 0.25) is 10.0 Å². The number of fused-ring (bicyclic) bond motifs is 3. The zero-order chi connectivity index (χ0) is 68.0. The molecule has 0 unspecified atom stereocenters. The number of pyridine rings is 3. The van der Waals surface area contributed by atoms with Crippen molar-refractivity contribution < 1.29 is 61.1 Å². The molecule has 0 amide bonds. The number of likely N-dealkylation sites (N-methyl/N-ethyl adjacent to an activating group) is 2. The summed E-state index contributed by atoms with van der Waals surface area (Å²) in [6, 6.07) is 14.3. The van der Waals surface area contributed by atoms with Crippen molar-refractivity contribution in [2.75, 3.05) is 75.6 Å². The van der Waals surface area contributed by atoms with E-state index in [4.69, 9.17) is 5.73 Å². The summed E-state index contributed by atoms with van der Waals surface area (Å²) >= 11 is 0. The maximum absolute atomic E-state index is 13.4. The van der Waals surface area contributed by atoms with Crippen LogP contribution in [0.15, 0.2) is 110 Å². The second-order valence-corrected chi connectivity index (χ2v) is 26.2. The van der Waals surface area contributed by atoms with Crippen LogP contribution < -0.4 is 21.7 Å². The summed E-state index contributed by atoms with van der Waals surface area (Å²) < 4.78 is 180. The molecule has 510 valence electrons. The Morgan fingerprint density at radius 1 is 0.463 bits per heavy atom. The zero-order valence-electron chi connectivity index (χ0n) is 51.4. The van der Waals surface area contributed by atoms with E-state index in [9.17, 15) is 61.1 Å². The van der Waals surface area contributed by atoms with Crippen molar-refractivity contribution in [3.63, 3.8) is 0 Å². The monoisotopic (exact) mass is 1360 g/mol. The maximum atomic E-state index is 13.4. The van der Waals surface area contributed by atoms with Gasteiger partial charge in [-0.2, -0.15) is 57.0 Å². The van der Waals surface area contributed by atoms with Crippen LogP contribution in [0.2, 0.25) is 0 Å². The normalized spacial score (nSPS) is 22.8. The summed E-state index contributed by atoms with van der Waals surface area (Å²) in [5.74, 6) is -4.22. The lowest BCUT2D eigenvalue weighted by Crippen LogP contribution is -2.52. The highest BCUT2D eigenvalue weighted by Crippen LogP contribution is 2.41. The van der Waals surface area contributed by atoms with Crippen LogP contribution >= 0.6 is 0 Å². The summed E-state index contributed by atoms with van der Waals surface area (Å²) in [6.07, 6.45) is 0.113. The molecule has 0 spiro atoms. The Kier molecular flexibility index (Phi) is 21.2. The molecule has 3 aliphatic heterocycles. The van der Waals surface area contributed by atoms with E-state index in [1.54, 1.807) is 104 Å². The molecule has 95 heavy (non-hydrogen) atoms. The second-order valence-electron chi connectivity index (χ2n) is 24.2. The molecule has 0 bridgehead atoms. The lowest BCUT2D eigenvalue weighted by molar-refractivity contribution is -0.187. The van der Waals surface area contributed by atoms with Crippen LogP contribution in [0.5, 0.6) is 0 Å². The first kappa shape index (κ1) is 69.5. The number of nitrogens with one attached hydrogen (secondary N) is 6. The number of alkyl halides is 12. The number of aromatic nitrogens is 12. The Labute approximate surface area is 537 Å². The molecule has 13 rings (SSSR count). The third-order valence-electron chi connectivity index (χ3n) is 16.8. The standard InChI is InChI=1S/C18H19F3N6O2S.C18H19F3N6.C18H18F3N5.C7H13F3N2/c1-30(28,29)27-9-11(18(19,20)21)7-12(10-27)25-16-13(3-2-5-22-16)15-8-24-17-14(26-15)4-6-23-17;1-27-9-11(18(19,20)21)7-12(10-27)25-16-13(3-2-5-22-16)15-8-24-17-14(26-15)4-6-23-17;19-18(20,21)11-3-1-4-12(9-11)25-16-13(5-2-7-22-16)15-10-24-17-14(26-15)6-8-23-17;1-12-3-5(7(8,9)10)2-6(11)4-12/h2-6,8,11-12H,7,9-10H2,1H3,(H,22,25)(H,23,24);2-6,8,11-12H,7,9-10H2,1H3,(H,22,25)(H,23,24);2,5-8,10-12H,1,3-4,9H2,(H,22,25)(H,23,24);5-6H,2-4,11H2,1H3/t3*11-,12+;5-,6+/m0011/s1.